The van der Waals surface area contributed by atoms with Crippen LogP contribution < -0.4 is 5.73 Å². The molecule has 1 atom stereocenters. The highest BCUT2D eigenvalue weighted by Crippen LogP contribution is 2.41. The van der Waals surface area contributed by atoms with E-state index in [4.69, 9.17) is 17.3 Å². The number of halogens is 1. The van der Waals surface area contributed by atoms with E-state index < -0.39 is 0 Å². The van der Waals surface area contributed by atoms with Crippen LogP contribution in [0.25, 0.3) is 0 Å². The van der Waals surface area contributed by atoms with Crippen molar-refractivity contribution in [3.8, 4) is 0 Å². The van der Waals surface area contributed by atoms with Crippen LogP contribution >= 0.6 is 23.4 Å². The molecule has 0 radical (unpaired) electrons. The fourth-order valence-corrected chi connectivity index (χ4v) is 5.74. The van der Waals surface area contributed by atoms with Crippen molar-refractivity contribution in [2.24, 2.45) is 0 Å². The summed E-state index contributed by atoms with van der Waals surface area (Å²) in [6.45, 7) is 8.72. The molecule has 0 amide bonds. The maximum Gasteiger partial charge on any atom is 0.0484 e. The summed E-state index contributed by atoms with van der Waals surface area (Å²) in [5.74, 6) is 0. The summed E-state index contributed by atoms with van der Waals surface area (Å²) in [7, 11) is 0. The first kappa shape index (κ1) is 22.3. The van der Waals surface area contributed by atoms with E-state index in [9.17, 15) is 0 Å². The van der Waals surface area contributed by atoms with Crippen LogP contribution in [0.5, 0.6) is 0 Å². The molecule has 0 fully saturated rings. The Balaban J connectivity index is 1.76. The van der Waals surface area contributed by atoms with Gasteiger partial charge in [0.1, 0.15) is 0 Å². The van der Waals surface area contributed by atoms with Gasteiger partial charge in [0.15, 0.2) is 0 Å². The predicted molar refractivity (Wildman–Crippen MR) is 131 cm³/mol. The largest absolute Gasteiger partial charge is 0.399 e. The molecular weight excluding hydrogens is 394 g/mol. The number of allylic oxidation sites excluding steroid dienone is 1. The molecule has 2 aromatic carbocycles. The number of aryl methyl sites for hydroxylation is 3. The lowest BCUT2D eigenvalue weighted by Crippen LogP contribution is -2.00. The quantitative estimate of drug-likeness (QED) is 0.371. The average molecular weight is 428 g/mol. The molecule has 1 nitrogen and oxygen atoms in total. The molecule has 156 valence electrons. The first-order valence-corrected chi connectivity index (χ1v) is 12.2. The average Bonchev–Trinajstić information content (AvgIpc) is 2.94. The summed E-state index contributed by atoms with van der Waals surface area (Å²) in [6, 6.07) is 8.94. The van der Waals surface area contributed by atoms with Gasteiger partial charge in [-0.1, -0.05) is 48.7 Å². The SMILES string of the molecule is CCC(S/C=C(\C)Cc1cc(C)c(N)cc1C)c1ccc2c(c1Cl)CCCCC2. The highest BCUT2D eigenvalue weighted by atomic mass is 35.5. The van der Waals surface area contributed by atoms with Gasteiger partial charge in [-0.25, -0.2) is 0 Å². The minimum Gasteiger partial charge on any atom is -0.399 e. The molecule has 0 saturated carbocycles. The van der Waals surface area contributed by atoms with E-state index in [2.05, 4.69) is 57.4 Å². The van der Waals surface area contributed by atoms with Gasteiger partial charge in [0.05, 0.1) is 0 Å². The number of fused-ring (bicyclic) bond motifs is 1. The molecule has 1 unspecified atom stereocenters. The molecule has 2 aromatic rings. The Bertz CT molecular complexity index is 900. The van der Waals surface area contributed by atoms with Crippen LogP contribution in [0.1, 0.15) is 78.2 Å². The Hall–Kier alpha value is -1.38. The smallest absolute Gasteiger partial charge is 0.0484 e. The normalized spacial score (nSPS) is 15.7. The topological polar surface area (TPSA) is 26.0 Å². The van der Waals surface area contributed by atoms with Crippen LogP contribution in [-0.4, -0.2) is 0 Å². The Morgan fingerprint density at radius 3 is 2.66 bits per heavy atom. The number of thioether (sulfide) groups is 1. The molecule has 29 heavy (non-hydrogen) atoms. The third-order valence-corrected chi connectivity index (χ3v) is 7.99. The molecule has 1 aliphatic rings. The Morgan fingerprint density at radius 2 is 1.90 bits per heavy atom. The summed E-state index contributed by atoms with van der Waals surface area (Å²) in [6.07, 6.45) is 8.23. The lowest BCUT2D eigenvalue weighted by Gasteiger charge is -2.19. The van der Waals surface area contributed by atoms with Crippen LogP contribution in [0.4, 0.5) is 5.69 Å². The standard InChI is InChI=1S/C26H34ClNS/c1-5-25(23-12-11-20-9-7-6-8-10-22(20)26(23)27)29-16-17(2)13-21-14-19(4)24(28)15-18(21)3/h11-12,14-16,25H,5-10,13,28H2,1-4H3/b17-16+. The second kappa shape index (κ2) is 10.1. The second-order valence-corrected chi connectivity index (χ2v) is 9.93. The van der Waals surface area contributed by atoms with Gasteiger partial charge in [-0.15, -0.1) is 11.8 Å². The van der Waals surface area contributed by atoms with Crippen molar-refractivity contribution in [3.05, 3.63) is 73.6 Å². The van der Waals surface area contributed by atoms with Gasteiger partial charge in [0.25, 0.3) is 0 Å². The van der Waals surface area contributed by atoms with Crippen LogP contribution in [0.2, 0.25) is 5.02 Å². The molecule has 0 aromatic heterocycles. The van der Waals surface area contributed by atoms with Crippen molar-refractivity contribution < 1.29 is 0 Å². The van der Waals surface area contributed by atoms with Crippen molar-refractivity contribution in [2.45, 2.75) is 77.9 Å². The highest BCUT2D eigenvalue weighted by molar-refractivity contribution is 8.02. The van der Waals surface area contributed by atoms with Crippen LogP contribution in [-0.2, 0) is 19.3 Å². The lowest BCUT2D eigenvalue weighted by atomic mass is 9.97. The maximum absolute atomic E-state index is 6.92. The summed E-state index contributed by atoms with van der Waals surface area (Å²) < 4.78 is 0. The number of rotatable bonds is 6. The zero-order valence-electron chi connectivity index (χ0n) is 18.3. The van der Waals surface area contributed by atoms with Gasteiger partial charge in [0.2, 0.25) is 0 Å². The number of anilines is 1. The monoisotopic (exact) mass is 427 g/mol. The van der Waals surface area contributed by atoms with Crippen molar-refractivity contribution in [3.63, 3.8) is 0 Å². The van der Waals surface area contributed by atoms with Gasteiger partial charge in [0, 0.05) is 16.0 Å². The van der Waals surface area contributed by atoms with E-state index >= 15 is 0 Å². The van der Waals surface area contributed by atoms with Crippen LogP contribution in [0.15, 0.2) is 35.2 Å². The Labute approximate surface area is 186 Å². The van der Waals surface area contributed by atoms with Crippen LogP contribution in [0, 0.1) is 13.8 Å². The molecule has 0 bridgehead atoms. The summed E-state index contributed by atoms with van der Waals surface area (Å²) in [5.41, 5.74) is 16.3. The molecule has 3 rings (SSSR count). The number of nitrogen functional groups attached to an aromatic ring is 1. The highest BCUT2D eigenvalue weighted by Gasteiger charge is 2.19. The number of hydrogen-bond donors (Lipinski definition) is 1. The summed E-state index contributed by atoms with van der Waals surface area (Å²) in [4.78, 5) is 0. The zero-order chi connectivity index (χ0) is 21.0. The van der Waals surface area contributed by atoms with Crippen molar-refractivity contribution in [1.82, 2.24) is 0 Å². The van der Waals surface area contributed by atoms with Crippen LogP contribution in [0.3, 0.4) is 0 Å². The first-order valence-electron chi connectivity index (χ1n) is 10.9. The van der Waals surface area contributed by atoms with E-state index in [1.54, 1.807) is 0 Å². The Morgan fingerprint density at radius 1 is 1.14 bits per heavy atom. The predicted octanol–water partition coefficient (Wildman–Crippen LogP) is 8.14. The van der Waals surface area contributed by atoms with E-state index in [0.717, 1.165) is 35.5 Å². The van der Waals surface area contributed by atoms with E-state index in [-0.39, 0.29) is 0 Å². The van der Waals surface area contributed by atoms with Crippen molar-refractivity contribution in [1.29, 1.82) is 0 Å². The van der Waals surface area contributed by atoms with Crippen molar-refractivity contribution in [2.75, 3.05) is 5.73 Å². The van der Waals surface area contributed by atoms with Gasteiger partial charge < -0.3 is 5.73 Å². The molecule has 0 spiro atoms. The minimum absolute atomic E-state index is 0.403. The molecule has 3 heteroatoms. The molecule has 0 saturated heterocycles. The molecule has 0 aliphatic heterocycles. The third kappa shape index (κ3) is 5.41. The van der Waals surface area contributed by atoms with Gasteiger partial charge in [-0.05, 0) is 104 Å². The first-order chi connectivity index (χ1) is 13.9. The molecular formula is C26H34ClNS. The van der Waals surface area contributed by atoms with Gasteiger partial charge in [-0.3, -0.25) is 0 Å². The third-order valence-electron chi connectivity index (χ3n) is 6.09. The molecule has 0 heterocycles. The van der Waals surface area contributed by atoms with Crippen molar-refractivity contribution >= 4 is 29.1 Å². The van der Waals surface area contributed by atoms with E-state index in [1.165, 1.54) is 59.1 Å². The number of nitrogens with two attached hydrogens (primary N) is 1. The summed E-state index contributed by atoms with van der Waals surface area (Å²) in [5, 5.41) is 3.77. The Kier molecular flexibility index (Phi) is 7.76. The van der Waals surface area contributed by atoms with E-state index in [0.29, 0.717) is 5.25 Å². The fourth-order valence-electron chi connectivity index (χ4n) is 4.25. The fraction of sp³-hybridized carbons (Fsp3) is 0.462. The lowest BCUT2D eigenvalue weighted by molar-refractivity contribution is 0.711. The second-order valence-electron chi connectivity index (χ2n) is 8.48. The van der Waals surface area contributed by atoms with Gasteiger partial charge >= 0.3 is 0 Å². The summed E-state index contributed by atoms with van der Waals surface area (Å²) >= 11 is 8.84. The number of hydrogen-bond acceptors (Lipinski definition) is 2. The van der Waals surface area contributed by atoms with E-state index in [1.807, 2.05) is 11.8 Å². The molecule has 2 N–H and O–H groups in total. The maximum atomic E-state index is 6.92. The number of benzene rings is 2. The van der Waals surface area contributed by atoms with Gasteiger partial charge in [-0.2, -0.15) is 0 Å². The molecule has 1 aliphatic carbocycles. The minimum atomic E-state index is 0.403. The zero-order valence-corrected chi connectivity index (χ0v) is 19.8.